The molecule has 3 aromatic carbocycles. The predicted molar refractivity (Wildman–Crippen MR) is 123 cm³/mol. The van der Waals surface area contributed by atoms with E-state index in [1.54, 1.807) is 24.3 Å². The normalized spacial score (nSPS) is 15.0. The van der Waals surface area contributed by atoms with E-state index in [0.29, 0.717) is 11.1 Å². The van der Waals surface area contributed by atoms with Crippen LogP contribution in [0.15, 0.2) is 72.8 Å². The molecule has 2 heterocycles. The molecule has 0 spiro atoms. The summed E-state index contributed by atoms with van der Waals surface area (Å²) in [5.41, 5.74) is 4.84. The number of aromatic nitrogens is 2. The molecule has 1 amide bonds. The quantitative estimate of drug-likeness (QED) is 0.424. The van der Waals surface area contributed by atoms with Gasteiger partial charge in [0.15, 0.2) is 6.23 Å². The molecule has 0 saturated carbocycles. The molecule has 1 aromatic heterocycles. The van der Waals surface area contributed by atoms with E-state index in [4.69, 9.17) is 4.74 Å². The van der Waals surface area contributed by atoms with E-state index in [0.717, 1.165) is 54.2 Å². The van der Waals surface area contributed by atoms with Gasteiger partial charge in [0.05, 0.1) is 24.4 Å². The molecule has 0 radical (unpaired) electrons. The topological polar surface area (TPSA) is 90.5 Å². The number of nitrogens with zero attached hydrogens (tertiary/aromatic N) is 2. The molecule has 1 atom stereocenters. The Kier molecular flexibility index (Phi) is 5.58. The number of rotatable bonds is 5. The van der Waals surface area contributed by atoms with Crippen molar-refractivity contribution < 1.29 is 14.6 Å². The van der Waals surface area contributed by atoms with E-state index in [9.17, 15) is 9.90 Å². The van der Waals surface area contributed by atoms with Crippen molar-refractivity contribution in [2.75, 3.05) is 31.2 Å². The summed E-state index contributed by atoms with van der Waals surface area (Å²) in [5.74, 6) is -0.349. The van der Waals surface area contributed by atoms with Crippen molar-refractivity contribution in [3.8, 4) is 11.3 Å². The summed E-state index contributed by atoms with van der Waals surface area (Å²) in [6, 6.07) is 22.7. The molecule has 4 aromatic rings. The van der Waals surface area contributed by atoms with Gasteiger partial charge in [-0.25, -0.2) is 0 Å². The highest BCUT2D eigenvalue weighted by atomic mass is 16.5. The van der Waals surface area contributed by atoms with Gasteiger partial charge in [0.1, 0.15) is 0 Å². The summed E-state index contributed by atoms with van der Waals surface area (Å²) in [5, 5.41) is 21.3. The Bertz CT molecular complexity index is 1220. The molecular formula is C25H24N4O3. The van der Waals surface area contributed by atoms with Crippen LogP contribution in [-0.4, -0.2) is 47.5 Å². The van der Waals surface area contributed by atoms with Gasteiger partial charge in [-0.15, -0.1) is 0 Å². The number of aliphatic hydroxyl groups excluding tert-OH is 1. The fraction of sp³-hybridized carbons (Fsp3) is 0.200. The number of anilines is 1. The number of hydrogen-bond donors (Lipinski definition) is 3. The standard InChI is InChI=1S/C25H24N4O3/c30-24(18-4-2-1-3-5-18)26-25(31)19-8-11-22-21(16-19)23(28-27-22)17-6-9-20(10-7-17)29-12-14-32-15-13-29/h1-11,16,24,30H,12-15H2,(H,26,31)(H,27,28)/t24-/m0/s1. The van der Waals surface area contributed by atoms with Crippen LogP contribution in [0.1, 0.15) is 22.1 Å². The molecule has 32 heavy (non-hydrogen) atoms. The number of ether oxygens (including phenoxy) is 1. The molecular weight excluding hydrogens is 404 g/mol. The lowest BCUT2D eigenvalue weighted by Crippen LogP contribution is -2.36. The van der Waals surface area contributed by atoms with Gasteiger partial charge < -0.3 is 20.1 Å². The summed E-state index contributed by atoms with van der Waals surface area (Å²) in [6.45, 7) is 3.26. The minimum absolute atomic E-state index is 0.349. The summed E-state index contributed by atoms with van der Waals surface area (Å²) >= 11 is 0. The molecule has 1 aliphatic rings. The smallest absolute Gasteiger partial charge is 0.253 e. The molecule has 1 saturated heterocycles. The van der Waals surface area contributed by atoms with Gasteiger partial charge in [0.2, 0.25) is 0 Å². The number of benzene rings is 3. The van der Waals surface area contributed by atoms with Crippen molar-refractivity contribution in [1.82, 2.24) is 15.5 Å². The van der Waals surface area contributed by atoms with Gasteiger partial charge >= 0.3 is 0 Å². The summed E-state index contributed by atoms with van der Waals surface area (Å²) < 4.78 is 5.43. The first kappa shape index (κ1) is 20.2. The number of aromatic amines is 1. The van der Waals surface area contributed by atoms with Crippen molar-refractivity contribution >= 4 is 22.5 Å². The lowest BCUT2D eigenvalue weighted by molar-refractivity contribution is 0.0783. The molecule has 0 aliphatic carbocycles. The van der Waals surface area contributed by atoms with E-state index in [1.165, 1.54) is 0 Å². The Morgan fingerprint density at radius 1 is 1.03 bits per heavy atom. The van der Waals surface area contributed by atoms with Crippen LogP contribution in [0.25, 0.3) is 22.2 Å². The molecule has 1 aliphatic heterocycles. The Morgan fingerprint density at radius 3 is 2.53 bits per heavy atom. The Balaban J connectivity index is 1.38. The second kappa shape index (κ2) is 8.82. The maximum absolute atomic E-state index is 12.7. The number of amides is 1. The van der Waals surface area contributed by atoms with Crippen LogP contribution in [0.3, 0.4) is 0 Å². The molecule has 1 fully saturated rings. The van der Waals surface area contributed by atoms with Crippen LogP contribution in [0.5, 0.6) is 0 Å². The van der Waals surface area contributed by atoms with E-state index < -0.39 is 6.23 Å². The lowest BCUT2D eigenvalue weighted by atomic mass is 10.0. The highest BCUT2D eigenvalue weighted by Crippen LogP contribution is 2.29. The van der Waals surface area contributed by atoms with E-state index in [-0.39, 0.29) is 5.91 Å². The van der Waals surface area contributed by atoms with Gasteiger partial charge in [-0.2, -0.15) is 5.10 Å². The number of H-pyrrole nitrogens is 1. The number of nitrogens with one attached hydrogen (secondary N) is 2. The first-order chi connectivity index (χ1) is 15.7. The SMILES string of the molecule is O=C(N[C@@H](O)c1ccccc1)c1ccc2[nH]nc(-c3ccc(N4CCOCC4)cc3)c2c1. The summed E-state index contributed by atoms with van der Waals surface area (Å²) in [6.07, 6.45) is -1.07. The monoisotopic (exact) mass is 428 g/mol. The largest absolute Gasteiger partial charge is 0.378 e. The third kappa shape index (κ3) is 4.08. The highest BCUT2D eigenvalue weighted by molar-refractivity contribution is 6.01. The molecule has 0 unspecified atom stereocenters. The van der Waals surface area contributed by atoms with Gasteiger partial charge in [0, 0.05) is 40.9 Å². The minimum Gasteiger partial charge on any atom is -0.378 e. The maximum atomic E-state index is 12.7. The van der Waals surface area contributed by atoms with Crippen LogP contribution >= 0.6 is 0 Å². The van der Waals surface area contributed by atoms with Crippen molar-refractivity contribution in [1.29, 1.82) is 0 Å². The fourth-order valence-electron chi connectivity index (χ4n) is 3.95. The zero-order valence-corrected chi connectivity index (χ0v) is 17.5. The minimum atomic E-state index is -1.07. The van der Waals surface area contributed by atoms with Crippen LogP contribution in [0.4, 0.5) is 5.69 Å². The second-order valence-electron chi connectivity index (χ2n) is 7.77. The summed E-state index contributed by atoms with van der Waals surface area (Å²) in [7, 11) is 0. The number of hydrogen-bond acceptors (Lipinski definition) is 5. The third-order valence-electron chi connectivity index (χ3n) is 5.73. The summed E-state index contributed by atoms with van der Waals surface area (Å²) in [4.78, 5) is 15.0. The van der Waals surface area contributed by atoms with Crippen LogP contribution in [-0.2, 0) is 4.74 Å². The van der Waals surface area contributed by atoms with E-state index >= 15 is 0 Å². The maximum Gasteiger partial charge on any atom is 0.253 e. The Morgan fingerprint density at radius 2 is 1.78 bits per heavy atom. The van der Waals surface area contributed by atoms with Crippen molar-refractivity contribution in [3.05, 3.63) is 83.9 Å². The van der Waals surface area contributed by atoms with E-state index in [1.807, 2.05) is 36.4 Å². The van der Waals surface area contributed by atoms with Gasteiger partial charge in [-0.1, -0.05) is 42.5 Å². The first-order valence-electron chi connectivity index (χ1n) is 10.6. The Hall–Kier alpha value is -3.68. The first-order valence-corrected chi connectivity index (χ1v) is 10.6. The molecule has 7 nitrogen and oxygen atoms in total. The van der Waals surface area contributed by atoms with Gasteiger partial charge in [-0.05, 0) is 30.3 Å². The average molecular weight is 428 g/mol. The fourth-order valence-corrected chi connectivity index (χ4v) is 3.95. The second-order valence-corrected chi connectivity index (χ2v) is 7.77. The lowest BCUT2D eigenvalue weighted by Gasteiger charge is -2.28. The highest BCUT2D eigenvalue weighted by Gasteiger charge is 2.16. The van der Waals surface area contributed by atoms with Gasteiger partial charge in [-0.3, -0.25) is 9.89 Å². The zero-order valence-electron chi connectivity index (χ0n) is 17.5. The number of carbonyl (C=O) groups excluding carboxylic acids is 1. The van der Waals surface area contributed by atoms with Crippen LogP contribution in [0, 0.1) is 0 Å². The van der Waals surface area contributed by atoms with Crippen molar-refractivity contribution in [3.63, 3.8) is 0 Å². The van der Waals surface area contributed by atoms with Crippen molar-refractivity contribution in [2.45, 2.75) is 6.23 Å². The van der Waals surface area contributed by atoms with Crippen LogP contribution < -0.4 is 10.2 Å². The average Bonchev–Trinajstić information content (AvgIpc) is 3.28. The zero-order chi connectivity index (χ0) is 21.9. The van der Waals surface area contributed by atoms with E-state index in [2.05, 4.69) is 32.5 Å². The molecule has 0 bridgehead atoms. The number of fused-ring (bicyclic) bond motifs is 1. The molecule has 3 N–H and O–H groups in total. The van der Waals surface area contributed by atoms with Crippen molar-refractivity contribution in [2.24, 2.45) is 0 Å². The Labute approximate surface area is 185 Å². The van der Waals surface area contributed by atoms with Crippen LogP contribution in [0.2, 0.25) is 0 Å². The molecule has 7 heteroatoms. The van der Waals surface area contributed by atoms with Gasteiger partial charge in [0.25, 0.3) is 5.91 Å². The number of morpholine rings is 1. The number of aliphatic hydroxyl groups is 1. The number of carbonyl (C=O) groups is 1. The molecule has 5 rings (SSSR count). The third-order valence-corrected chi connectivity index (χ3v) is 5.73. The predicted octanol–water partition coefficient (Wildman–Crippen LogP) is 3.49. The molecule has 162 valence electrons.